The van der Waals surface area contributed by atoms with E-state index in [1.165, 1.54) is 0 Å². The minimum atomic E-state index is 0.0767. The van der Waals surface area contributed by atoms with Gasteiger partial charge >= 0.3 is 0 Å². The van der Waals surface area contributed by atoms with Gasteiger partial charge in [0.2, 0.25) is 5.91 Å². The van der Waals surface area contributed by atoms with E-state index in [4.69, 9.17) is 0 Å². The topological polar surface area (TPSA) is 79.8 Å². The number of amides is 1. The molecule has 2 heterocycles. The molecule has 122 valence electrons. The average Bonchev–Trinajstić information content (AvgIpc) is 2.54. The molecule has 6 heteroatoms. The van der Waals surface area contributed by atoms with E-state index in [-0.39, 0.29) is 5.91 Å². The molecule has 0 fully saturated rings. The Morgan fingerprint density at radius 1 is 1.26 bits per heavy atom. The second-order valence-corrected chi connectivity index (χ2v) is 5.73. The quantitative estimate of drug-likeness (QED) is 0.820. The van der Waals surface area contributed by atoms with Gasteiger partial charge in [-0.3, -0.25) is 9.78 Å². The lowest BCUT2D eigenvalue weighted by Crippen LogP contribution is -2.26. The molecule has 0 aliphatic heterocycles. The molecule has 23 heavy (non-hydrogen) atoms. The van der Waals surface area contributed by atoms with E-state index in [0.29, 0.717) is 31.1 Å². The summed E-state index contributed by atoms with van der Waals surface area (Å²) in [6.45, 7) is 4.62. The first-order valence-electron chi connectivity index (χ1n) is 7.82. The number of hydrogen-bond donors (Lipinski definition) is 2. The molecule has 0 saturated heterocycles. The third kappa shape index (κ3) is 5.32. The van der Waals surface area contributed by atoms with Crippen LogP contribution in [0.4, 0.5) is 5.82 Å². The number of hydrogen-bond acceptors (Lipinski definition) is 5. The highest BCUT2D eigenvalue weighted by Gasteiger charge is 2.08. The van der Waals surface area contributed by atoms with Crippen molar-refractivity contribution in [2.75, 3.05) is 18.9 Å². The Kier molecular flexibility index (Phi) is 6.02. The zero-order valence-corrected chi connectivity index (χ0v) is 13.8. The maximum atomic E-state index is 11.7. The molecule has 0 aromatic carbocycles. The highest BCUT2D eigenvalue weighted by Crippen LogP contribution is 2.15. The van der Waals surface area contributed by atoms with Gasteiger partial charge < -0.3 is 10.6 Å². The van der Waals surface area contributed by atoms with Gasteiger partial charge in [0, 0.05) is 44.4 Å². The van der Waals surface area contributed by atoms with Crippen molar-refractivity contribution in [3.05, 3.63) is 36.2 Å². The van der Waals surface area contributed by atoms with Crippen LogP contribution >= 0.6 is 0 Å². The van der Waals surface area contributed by atoms with Crippen LogP contribution in [0.3, 0.4) is 0 Å². The highest BCUT2D eigenvalue weighted by molar-refractivity contribution is 5.76. The van der Waals surface area contributed by atoms with Crippen molar-refractivity contribution in [2.45, 2.75) is 26.7 Å². The first kappa shape index (κ1) is 16.9. The Morgan fingerprint density at radius 2 is 2.09 bits per heavy atom. The molecule has 2 aromatic rings. The summed E-state index contributed by atoms with van der Waals surface area (Å²) in [7, 11) is 1.82. The maximum Gasteiger partial charge on any atom is 0.220 e. The SMILES string of the molecule is CNc1cc(CCNC(=O)CC(C)C)nc(-c2ccccn2)n1. The summed E-state index contributed by atoms with van der Waals surface area (Å²) in [5.74, 6) is 1.76. The van der Waals surface area contributed by atoms with Gasteiger partial charge in [0.05, 0.1) is 0 Å². The molecule has 0 aliphatic carbocycles. The van der Waals surface area contributed by atoms with Gasteiger partial charge in [0.25, 0.3) is 0 Å². The summed E-state index contributed by atoms with van der Waals surface area (Å²) >= 11 is 0. The minimum absolute atomic E-state index is 0.0767. The molecule has 0 radical (unpaired) electrons. The van der Waals surface area contributed by atoms with E-state index >= 15 is 0 Å². The van der Waals surface area contributed by atoms with Gasteiger partial charge in [0.1, 0.15) is 11.5 Å². The van der Waals surface area contributed by atoms with Crippen molar-refractivity contribution in [1.29, 1.82) is 0 Å². The predicted octanol–water partition coefficient (Wildman–Crippen LogP) is 2.29. The van der Waals surface area contributed by atoms with Gasteiger partial charge in [-0.1, -0.05) is 19.9 Å². The highest BCUT2D eigenvalue weighted by atomic mass is 16.1. The molecule has 0 unspecified atom stereocenters. The molecule has 2 rings (SSSR count). The minimum Gasteiger partial charge on any atom is -0.373 e. The number of anilines is 1. The van der Waals surface area contributed by atoms with Crippen molar-refractivity contribution in [3.63, 3.8) is 0 Å². The Balaban J connectivity index is 2.05. The van der Waals surface area contributed by atoms with Crippen molar-refractivity contribution in [3.8, 4) is 11.5 Å². The predicted molar refractivity (Wildman–Crippen MR) is 91.0 cm³/mol. The first-order chi connectivity index (χ1) is 11.1. The van der Waals surface area contributed by atoms with Gasteiger partial charge in [-0.25, -0.2) is 9.97 Å². The van der Waals surface area contributed by atoms with Gasteiger partial charge in [-0.05, 0) is 18.1 Å². The maximum absolute atomic E-state index is 11.7. The Labute approximate surface area is 136 Å². The molecule has 0 spiro atoms. The zero-order chi connectivity index (χ0) is 16.7. The van der Waals surface area contributed by atoms with Crippen molar-refractivity contribution in [2.24, 2.45) is 5.92 Å². The Hall–Kier alpha value is -2.50. The lowest BCUT2D eigenvalue weighted by atomic mass is 10.1. The molecule has 2 aromatic heterocycles. The normalized spacial score (nSPS) is 10.6. The third-order valence-corrected chi connectivity index (χ3v) is 3.23. The number of nitrogens with one attached hydrogen (secondary N) is 2. The van der Waals surface area contributed by atoms with Gasteiger partial charge in [0.15, 0.2) is 5.82 Å². The van der Waals surface area contributed by atoms with Crippen molar-refractivity contribution in [1.82, 2.24) is 20.3 Å². The fourth-order valence-electron chi connectivity index (χ4n) is 2.14. The zero-order valence-electron chi connectivity index (χ0n) is 13.8. The summed E-state index contributed by atoms with van der Waals surface area (Å²) in [4.78, 5) is 25.0. The Bertz CT molecular complexity index is 643. The van der Waals surface area contributed by atoms with E-state index in [1.807, 2.05) is 45.2 Å². The summed E-state index contributed by atoms with van der Waals surface area (Å²) < 4.78 is 0. The Morgan fingerprint density at radius 3 is 2.74 bits per heavy atom. The lowest BCUT2D eigenvalue weighted by molar-refractivity contribution is -0.121. The van der Waals surface area contributed by atoms with Crippen molar-refractivity contribution < 1.29 is 4.79 Å². The van der Waals surface area contributed by atoms with Crippen LogP contribution in [0.5, 0.6) is 0 Å². The average molecular weight is 313 g/mol. The van der Waals surface area contributed by atoms with Crippen LogP contribution in [0, 0.1) is 5.92 Å². The molecule has 0 aliphatic rings. The van der Waals surface area contributed by atoms with Crippen LogP contribution in [-0.2, 0) is 11.2 Å². The summed E-state index contributed by atoms with van der Waals surface area (Å²) in [5.41, 5.74) is 1.60. The van der Waals surface area contributed by atoms with Crippen LogP contribution < -0.4 is 10.6 Å². The molecule has 2 N–H and O–H groups in total. The second-order valence-electron chi connectivity index (χ2n) is 5.73. The van der Waals surface area contributed by atoms with Crippen LogP contribution in [-0.4, -0.2) is 34.5 Å². The molecule has 6 nitrogen and oxygen atoms in total. The van der Waals surface area contributed by atoms with E-state index < -0.39 is 0 Å². The number of nitrogens with zero attached hydrogens (tertiary/aromatic N) is 3. The molecular weight excluding hydrogens is 290 g/mol. The largest absolute Gasteiger partial charge is 0.373 e. The van der Waals surface area contributed by atoms with E-state index in [2.05, 4.69) is 25.6 Å². The first-order valence-corrected chi connectivity index (χ1v) is 7.82. The summed E-state index contributed by atoms with van der Waals surface area (Å²) in [5, 5.41) is 5.96. The standard InChI is InChI=1S/C17H23N5O/c1-12(2)10-16(23)20-9-7-13-11-15(18-3)22-17(21-13)14-6-4-5-8-19-14/h4-6,8,11-12H,7,9-10H2,1-3H3,(H,20,23)(H,18,21,22). The van der Waals surface area contributed by atoms with E-state index in [1.54, 1.807) is 6.20 Å². The number of pyridine rings is 1. The van der Waals surface area contributed by atoms with Gasteiger partial charge in [-0.2, -0.15) is 0 Å². The lowest BCUT2D eigenvalue weighted by Gasteiger charge is -2.09. The molecule has 0 saturated carbocycles. The number of carbonyl (C=O) groups is 1. The molecule has 0 bridgehead atoms. The van der Waals surface area contributed by atoms with Crippen LogP contribution in [0.15, 0.2) is 30.5 Å². The van der Waals surface area contributed by atoms with Crippen LogP contribution in [0.1, 0.15) is 26.0 Å². The number of aromatic nitrogens is 3. The third-order valence-electron chi connectivity index (χ3n) is 3.23. The van der Waals surface area contributed by atoms with E-state index in [0.717, 1.165) is 17.2 Å². The molecular formula is C17H23N5O. The summed E-state index contributed by atoms with van der Waals surface area (Å²) in [6, 6.07) is 7.53. The van der Waals surface area contributed by atoms with Crippen molar-refractivity contribution >= 4 is 11.7 Å². The fraction of sp³-hybridized carbons (Fsp3) is 0.412. The number of carbonyl (C=O) groups excluding carboxylic acids is 1. The van der Waals surface area contributed by atoms with Gasteiger partial charge in [-0.15, -0.1) is 0 Å². The fourth-order valence-corrected chi connectivity index (χ4v) is 2.14. The smallest absolute Gasteiger partial charge is 0.220 e. The molecule has 1 amide bonds. The second kappa shape index (κ2) is 8.22. The van der Waals surface area contributed by atoms with E-state index in [9.17, 15) is 4.79 Å². The van der Waals surface area contributed by atoms with Crippen LogP contribution in [0.2, 0.25) is 0 Å². The van der Waals surface area contributed by atoms with Crippen LogP contribution in [0.25, 0.3) is 11.5 Å². The number of rotatable bonds is 7. The molecule has 0 atom stereocenters. The summed E-state index contributed by atoms with van der Waals surface area (Å²) in [6.07, 6.45) is 2.92. The monoisotopic (exact) mass is 313 g/mol.